The molecule has 1 fully saturated rings. The minimum Gasteiger partial charge on any atom is -0.481 e. The number of carbonyl (C=O) groups is 1. The number of alkyl halides is 3. The van der Waals surface area contributed by atoms with Crippen LogP contribution in [0.5, 0.6) is 0 Å². The first-order chi connectivity index (χ1) is 5.90. The number of piperidine rings is 1. The topological polar surface area (TPSA) is 49.3 Å². The molecule has 0 unspecified atom stereocenters. The molecule has 14 heavy (non-hydrogen) atoms. The van der Waals surface area contributed by atoms with E-state index in [1.54, 1.807) is 0 Å². The number of carboxylic acids is 1. The molecule has 1 aliphatic rings. The molecule has 0 amide bonds. The third-order valence-electron chi connectivity index (χ3n) is 2.41. The minimum atomic E-state index is -4.65. The molecule has 3 nitrogen and oxygen atoms in total. The van der Waals surface area contributed by atoms with Gasteiger partial charge in [-0.05, 0) is 25.9 Å². The summed E-state index contributed by atoms with van der Waals surface area (Å²) < 4.78 is 37.3. The molecule has 1 rings (SSSR count). The second kappa shape index (κ2) is 4.35. The Bertz CT molecular complexity index is 213. The number of nitrogens with one attached hydrogen (secondary N) is 1. The maximum atomic E-state index is 12.4. The Morgan fingerprint density at radius 1 is 1.29 bits per heavy atom. The predicted octanol–water partition coefficient (Wildman–Crippen LogP) is 1.42. The standard InChI is InChI=1S/C7H10F3NO2.ClH/c8-7(9,10)6(5(12)13)1-3-11-4-2-6;/h11H,1-4H2,(H,12,13);1H. The highest BCUT2D eigenvalue weighted by molar-refractivity contribution is 5.85. The number of rotatable bonds is 1. The molecule has 1 heterocycles. The van der Waals surface area contributed by atoms with E-state index in [1.165, 1.54) is 0 Å². The number of carboxylic acid groups (broad SMARTS) is 1. The minimum absolute atomic E-state index is 0. The summed E-state index contributed by atoms with van der Waals surface area (Å²) in [4.78, 5) is 10.6. The van der Waals surface area contributed by atoms with Gasteiger partial charge in [-0.3, -0.25) is 4.79 Å². The first kappa shape index (κ1) is 13.5. The smallest absolute Gasteiger partial charge is 0.404 e. The van der Waals surface area contributed by atoms with Crippen LogP contribution in [0.15, 0.2) is 0 Å². The summed E-state index contributed by atoms with van der Waals surface area (Å²) in [5.74, 6) is -1.76. The van der Waals surface area contributed by atoms with Gasteiger partial charge in [0, 0.05) is 0 Å². The second-order valence-electron chi connectivity index (χ2n) is 3.14. The number of aliphatic carboxylic acids is 1. The van der Waals surface area contributed by atoms with Gasteiger partial charge in [-0.25, -0.2) is 0 Å². The normalized spacial score (nSPS) is 21.1. The molecule has 2 N–H and O–H groups in total. The summed E-state index contributed by atoms with van der Waals surface area (Å²) in [5.41, 5.74) is -2.53. The van der Waals surface area contributed by atoms with Crippen molar-refractivity contribution in [3.05, 3.63) is 0 Å². The lowest BCUT2D eigenvalue weighted by molar-refractivity contribution is -0.237. The molecule has 0 bridgehead atoms. The molecular weight excluding hydrogens is 223 g/mol. The predicted molar refractivity (Wildman–Crippen MR) is 45.5 cm³/mol. The van der Waals surface area contributed by atoms with E-state index < -0.39 is 17.6 Å². The van der Waals surface area contributed by atoms with Gasteiger partial charge >= 0.3 is 12.1 Å². The lowest BCUT2D eigenvalue weighted by Crippen LogP contribution is -2.51. The number of hydrogen-bond donors (Lipinski definition) is 2. The van der Waals surface area contributed by atoms with Crippen LogP contribution in [0.2, 0.25) is 0 Å². The molecule has 0 spiro atoms. The van der Waals surface area contributed by atoms with Crippen molar-refractivity contribution in [3.63, 3.8) is 0 Å². The van der Waals surface area contributed by atoms with E-state index in [-0.39, 0.29) is 38.3 Å². The summed E-state index contributed by atoms with van der Waals surface area (Å²) in [5, 5.41) is 11.3. The molecule has 0 aromatic carbocycles. The van der Waals surface area contributed by atoms with E-state index in [9.17, 15) is 18.0 Å². The van der Waals surface area contributed by atoms with Crippen molar-refractivity contribution < 1.29 is 23.1 Å². The molecule has 0 aromatic heterocycles. The van der Waals surface area contributed by atoms with Crippen molar-refractivity contribution in [2.24, 2.45) is 5.41 Å². The first-order valence-corrected chi connectivity index (χ1v) is 3.91. The van der Waals surface area contributed by atoms with Gasteiger partial charge in [-0.2, -0.15) is 13.2 Å². The quantitative estimate of drug-likeness (QED) is 0.720. The van der Waals surface area contributed by atoms with Gasteiger partial charge in [0.05, 0.1) is 0 Å². The third kappa shape index (κ3) is 2.12. The summed E-state index contributed by atoms with van der Waals surface area (Å²) in [6, 6.07) is 0. The van der Waals surface area contributed by atoms with E-state index >= 15 is 0 Å². The van der Waals surface area contributed by atoms with Crippen molar-refractivity contribution in [1.82, 2.24) is 5.32 Å². The molecule has 0 saturated carbocycles. The van der Waals surface area contributed by atoms with E-state index in [2.05, 4.69) is 5.32 Å². The fourth-order valence-electron chi connectivity index (χ4n) is 1.47. The van der Waals surface area contributed by atoms with E-state index in [4.69, 9.17) is 5.11 Å². The lowest BCUT2D eigenvalue weighted by atomic mass is 9.78. The SMILES string of the molecule is Cl.O=C(O)C1(C(F)(F)F)CCNCC1. The summed E-state index contributed by atoms with van der Waals surface area (Å²) in [6.45, 7) is 0.206. The van der Waals surface area contributed by atoms with Gasteiger partial charge in [-0.15, -0.1) is 12.4 Å². The molecule has 84 valence electrons. The summed E-state index contributed by atoms with van der Waals surface area (Å²) in [6.07, 6.45) is -5.42. The highest BCUT2D eigenvalue weighted by Gasteiger charge is 2.60. The zero-order chi connectivity index (χ0) is 10.1. The van der Waals surface area contributed by atoms with Crippen LogP contribution < -0.4 is 5.32 Å². The highest BCUT2D eigenvalue weighted by atomic mass is 35.5. The maximum Gasteiger partial charge on any atom is 0.404 e. The van der Waals surface area contributed by atoms with Gasteiger partial charge in [0.1, 0.15) is 0 Å². The van der Waals surface area contributed by atoms with Gasteiger partial charge < -0.3 is 10.4 Å². The van der Waals surface area contributed by atoms with E-state index in [0.717, 1.165) is 0 Å². The second-order valence-corrected chi connectivity index (χ2v) is 3.14. The highest BCUT2D eigenvalue weighted by Crippen LogP contribution is 2.45. The van der Waals surface area contributed by atoms with Crippen LogP contribution in [0, 0.1) is 5.41 Å². The van der Waals surface area contributed by atoms with Crippen molar-refractivity contribution in [1.29, 1.82) is 0 Å². The van der Waals surface area contributed by atoms with Crippen molar-refractivity contribution in [2.75, 3.05) is 13.1 Å². The molecular formula is C7H11ClF3NO2. The Labute approximate surface area is 85.1 Å². The molecule has 0 atom stereocenters. The number of hydrogen-bond acceptors (Lipinski definition) is 2. The van der Waals surface area contributed by atoms with Crippen LogP contribution in [-0.4, -0.2) is 30.3 Å². The molecule has 7 heteroatoms. The summed E-state index contributed by atoms with van der Waals surface area (Å²) >= 11 is 0. The van der Waals surface area contributed by atoms with Crippen LogP contribution in [0.3, 0.4) is 0 Å². The van der Waals surface area contributed by atoms with Crippen LogP contribution >= 0.6 is 12.4 Å². The van der Waals surface area contributed by atoms with Crippen LogP contribution in [0.25, 0.3) is 0 Å². The third-order valence-corrected chi connectivity index (χ3v) is 2.41. The Kier molecular flexibility index (Phi) is 4.20. The Balaban J connectivity index is 0.00000169. The monoisotopic (exact) mass is 233 g/mol. The first-order valence-electron chi connectivity index (χ1n) is 3.91. The molecule has 0 aliphatic carbocycles. The molecule has 1 aliphatic heterocycles. The van der Waals surface area contributed by atoms with E-state index in [1.807, 2.05) is 0 Å². The van der Waals surface area contributed by atoms with Crippen LogP contribution in [0.4, 0.5) is 13.2 Å². The van der Waals surface area contributed by atoms with Crippen molar-refractivity contribution in [2.45, 2.75) is 19.0 Å². The molecule has 0 aromatic rings. The Morgan fingerprint density at radius 3 is 1.93 bits per heavy atom. The molecule has 0 radical (unpaired) electrons. The van der Waals surface area contributed by atoms with Crippen molar-refractivity contribution in [3.8, 4) is 0 Å². The summed E-state index contributed by atoms with van der Waals surface area (Å²) in [7, 11) is 0. The maximum absolute atomic E-state index is 12.4. The average molecular weight is 234 g/mol. The molecule has 1 saturated heterocycles. The lowest BCUT2D eigenvalue weighted by Gasteiger charge is -2.35. The fourth-order valence-corrected chi connectivity index (χ4v) is 1.47. The fraction of sp³-hybridized carbons (Fsp3) is 0.857. The van der Waals surface area contributed by atoms with Crippen LogP contribution in [-0.2, 0) is 4.79 Å². The van der Waals surface area contributed by atoms with Gasteiger partial charge in [0.25, 0.3) is 0 Å². The average Bonchev–Trinajstić information content (AvgIpc) is 2.03. The van der Waals surface area contributed by atoms with Gasteiger partial charge in [0.15, 0.2) is 5.41 Å². The van der Waals surface area contributed by atoms with E-state index in [0.29, 0.717) is 0 Å². The number of halogens is 4. The van der Waals surface area contributed by atoms with Gasteiger partial charge in [0.2, 0.25) is 0 Å². The van der Waals surface area contributed by atoms with Crippen LogP contribution in [0.1, 0.15) is 12.8 Å². The zero-order valence-electron chi connectivity index (χ0n) is 7.23. The largest absolute Gasteiger partial charge is 0.481 e. The van der Waals surface area contributed by atoms with Crippen molar-refractivity contribution >= 4 is 18.4 Å². The Hall–Kier alpha value is -0.490. The Morgan fingerprint density at radius 2 is 1.71 bits per heavy atom. The van der Waals surface area contributed by atoms with Gasteiger partial charge in [-0.1, -0.05) is 0 Å². The zero-order valence-corrected chi connectivity index (χ0v) is 8.04.